The predicted octanol–water partition coefficient (Wildman–Crippen LogP) is 6.58. The van der Waals surface area contributed by atoms with E-state index in [-0.39, 0.29) is 6.04 Å². The maximum atomic E-state index is 12.3. The summed E-state index contributed by atoms with van der Waals surface area (Å²) in [5.74, 6) is -0.0226. The molecule has 1 aliphatic heterocycles. The van der Waals surface area contributed by atoms with Crippen molar-refractivity contribution < 1.29 is 14.6 Å². The normalized spacial score (nSPS) is 17.6. The molecule has 0 spiro atoms. The van der Waals surface area contributed by atoms with Gasteiger partial charge in [-0.2, -0.15) is 0 Å². The lowest BCUT2D eigenvalue weighted by molar-refractivity contribution is -0.129. The van der Waals surface area contributed by atoms with Gasteiger partial charge in [0.1, 0.15) is 11.7 Å². The minimum Gasteiger partial charge on any atom is -0.471 e. The molecule has 1 aromatic heterocycles. The fourth-order valence-corrected chi connectivity index (χ4v) is 4.79. The van der Waals surface area contributed by atoms with Crippen LogP contribution < -0.4 is 10.1 Å². The SMILES string of the molecule is C[C@H](O)C(=O)NC1CC(C)(C)Oc2nc(-c3ccc(Br)cc3Cl)c(-c3ccc(Cl)cc3)cc21. The highest BCUT2D eigenvalue weighted by Crippen LogP contribution is 2.44. The summed E-state index contributed by atoms with van der Waals surface area (Å²) in [7, 11) is 0. The summed E-state index contributed by atoms with van der Waals surface area (Å²) in [6.45, 7) is 5.33. The Kier molecular flexibility index (Phi) is 6.74. The molecule has 0 bridgehead atoms. The van der Waals surface area contributed by atoms with Gasteiger partial charge >= 0.3 is 0 Å². The summed E-state index contributed by atoms with van der Waals surface area (Å²) in [5, 5.41) is 13.8. The van der Waals surface area contributed by atoms with E-state index >= 15 is 0 Å². The third-order valence-electron chi connectivity index (χ3n) is 5.50. The third-order valence-corrected chi connectivity index (χ3v) is 6.55. The van der Waals surface area contributed by atoms with E-state index in [4.69, 9.17) is 32.9 Å². The smallest absolute Gasteiger partial charge is 0.249 e. The number of hydrogen-bond donors (Lipinski definition) is 2. The Morgan fingerprint density at radius 1 is 1.18 bits per heavy atom. The zero-order chi connectivity index (χ0) is 23.9. The summed E-state index contributed by atoms with van der Waals surface area (Å²) in [6.07, 6.45) is -0.595. The number of ether oxygens (including phenoxy) is 1. The lowest BCUT2D eigenvalue weighted by Crippen LogP contribution is -2.44. The van der Waals surface area contributed by atoms with Gasteiger partial charge in [0.2, 0.25) is 11.8 Å². The zero-order valence-electron chi connectivity index (χ0n) is 18.3. The van der Waals surface area contributed by atoms with Crippen molar-refractivity contribution in [1.29, 1.82) is 0 Å². The molecule has 2 aromatic carbocycles. The molecule has 172 valence electrons. The van der Waals surface area contributed by atoms with E-state index in [0.717, 1.165) is 26.7 Å². The molecule has 0 saturated heterocycles. The van der Waals surface area contributed by atoms with Crippen LogP contribution in [0.5, 0.6) is 5.88 Å². The van der Waals surface area contributed by atoms with Crippen molar-refractivity contribution in [3.05, 3.63) is 68.6 Å². The lowest BCUT2D eigenvalue weighted by atomic mass is 9.88. The first-order valence-corrected chi connectivity index (χ1v) is 12.0. The van der Waals surface area contributed by atoms with Gasteiger partial charge < -0.3 is 15.2 Å². The molecule has 0 fully saturated rings. The largest absolute Gasteiger partial charge is 0.471 e. The number of nitrogens with zero attached hydrogens (tertiary/aromatic N) is 1. The monoisotopic (exact) mass is 548 g/mol. The fraction of sp³-hybridized carbons (Fsp3) is 0.280. The van der Waals surface area contributed by atoms with Crippen LogP contribution in [0, 0.1) is 0 Å². The molecule has 5 nitrogen and oxygen atoms in total. The maximum absolute atomic E-state index is 12.3. The predicted molar refractivity (Wildman–Crippen MR) is 135 cm³/mol. The van der Waals surface area contributed by atoms with Gasteiger partial charge in [-0.3, -0.25) is 4.79 Å². The molecule has 1 unspecified atom stereocenters. The van der Waals surface area contributed by atoms with Crippen LogP contribution in [0.25, 0.3) is 22.4 Å². The average Bonchev–Trinajstić information content (AvgIpc) is 2.73. The summed E-state index contributed by atoms with van der Waals surface area (Å²) < 4.78 is 7.09. The lowest BCUT2D eigenvalue weighted by Gasteiger charge is -2.37. The molecular weight excluding hydrogens is 527 g/mol. The first-order valence-electron chi connectivity index (χ1n) is 10.5. The van der Waals surface area contributed by atoms with Gasteiger partial charge in [-0.05, 0) is 56.7 Å². The molecule has 2 heterocycles. The molecule has 0 saturated carbocycles. The van der Waals surface area contributed by atoms with Crippen molar-refractivity contribution in [2.45, 2.75) is 44.9 Å². The fourth-order valence-electron chi connectivity index (χ4n) is 3.91. The summed E-state index contributed by atoms with van der Waals surface area (Å²) in [4.78, 5) is 17.2. The number of hydrogen-bond acceptors (Lipinski definition) is 4. The van der Waals surface area contributed by atoms with E-state index in [1.54, 1.807) is 0 Å². The molecule has 2 atom stereocenters. The minimum absolute atomic E-state index is 0.376. The highest BCUT2D eigenvalue weighted by molar-refractivity contribution is 9.10. The number of aromatic nitrogens is 1. The van der Waals surface area contributed by atoms with Crippen molar-refractivity contribution in [1.82, 2.24) is 10.3 Å². The summed E-state index contributed by atoms with van der Waals surface area (Å²) >= 11 is 16.2. The summed E-state index contributed by atoms with van der Waals surface area (Å²) in [5.41, 5.74) is 3.31. The van der Waals surface area contributed by atoms with Gasteiger partial charge in [0.15, 0.2) is 0 Å². The highest BCUT2D eigenvalue weighted by atomic mass is 79.9. The number of fused-ring (bicyclic) bond motifs is 1. The number of aliphatic hydroxyl groups is 1. The van der Waals surface area contributed by atoms with E-state index in [2.05, 4.69) is 21.2 Å². The molecule has 8 heteroatoms. The Morgan fingerprint density at radius 2 is 1.88 bits per heavy atom. The highest BCUT2D eigenvalue weighted by Gasteiger charge is 2.37. The number of nitrogens with one attached hydrogen (secondary N) is 1. The van der Waals surface area contributed by atoms with Crippen molar-refractivity contribution in [3.8, 4) is 28.3 Å². The number of carbonyl (C=O) groups excluding carboxylic acids is 1. The number of aliphatic hydroxyl groups excluding tert-OH is 1. The molecule has 1 amide bonds. The molecule has 3 aromatic rings. The summed E-state index contributed by atoms with van der Waals surface area (Å²) in [6, 6.07) is 14.7. The number of amides is 1. The van der Waals surface area contributed by atoms with E-state index in [9.17, 15) is 9.90 Å². The van der Waals surface area contributed by atoms with E-state index < -0.39 is 17.6 Å². The topological polar surface area (TPSA) is 71.5 Å². The van der Waals surface area contributed by atoms with Crippen LogP contribution in [0.1, 0.15) is 38.8 Å². The molecular formula is C25H23BrCl2N2O3. The second-order valence-electron chi connectivity index (χ2n) is 8.71. The van der Waals surface area contributed by atoms with Crippen molar-refractivity contribution >= 4 is 45.0 Å². The first-order chi connectivity index (χ1) is 15.5. The first kappa shape index (κ1) is 24.0. The van der Waals surface area contributed by atoms with E-state index in [1.807, 2.05) is 62.4 Å². The van der Waals surface area contributed by atoms with Gasteiger partial charge in [-0.15, -0.1) is 0 Å². The van der Waals surface area contributed by atoms with E-state index in [0.29, 0.717) is 28.0 Å². The maximum Gasteiger partial charge on any atom is 0.249 e. The van der Waals surface area contributed by atoms with Crippen LogP contribution in [0.15, 0.2) is 53.0 Å². The molecule has 2 N–H and O–H groups in total. The van der Waals surface area contributed by atoms with Crippen LogP contribution in [-0.4, -0.2) is 27.7 Å². The Bertz CT molecular complexity index is 1210. The zero-order valence-corrected chi connectivity index (χ0v) is 21.4. The second-order valence-corrected chi connectivity index (χ2v) is 10.5. The Hall–Kier alpha value is -2.12. The number of benzene rings is 2. The number of halogens is 3. The van der Waals surface area contributed by atoms with Gasteiger partial charge in [-0.1, -0.05) is 57.3 Å². The molecule has 33 heavy (non-hydrogen) atoms. The van der Waals surface area contributed by atoms with Crippen molar-refractivity contribution in [3.63, 3.8) is 0 Å². The van der Waals surface area contributed by atoms with E-state index in [1.165, 1.54) is 6.92 Å². The molecule has 1 aliphatic rings. The quantitative estimate of drug-likeness (QED) is 0.385. The number of carbonyl (C=O) groups is 1. The average molecular weight is 550 g/mol. The van der Waals surface area contributed by atoms with Gasteiger partial charge in [0, 0.05) is 32.6 Å². The van der Waals surface area contributed by atoms with Gasteiger partial charge in [0.25, 0.3) is 0 Å². The van der Waals surface area contributed by atoms with Crippen molar-refractivity contribution in [2.75, 3.05) is 0 Å². The second kappa shape index (κ2) is 9.26. The Labute approximate surface area is 211 Å². The minimum atomic E-state index is -1.12. The van der Waals surface area contributed by atoms with Crippen LogP contribution in [-0.2, 0) is 4.79 Å². The standard InChI is InChI=1S/C25H23BrCl2N2O3/c1-13(31)23(32)29-21-12-25(2,3)33-24-19(21)11-18(14-4-7-16(27)8-5-14)22(30-24)17-9-6-15(26)10-20(17)28/h4-11,13,21,31H,12H2,1-3H3,(H,29,32)/t13-,21?/m0/s1. The van der Waals surface area contributed by atoms with Crippen LogP contribution in [0.2, 0.25) is 10.0 Å². The van der Waals surface area contributed by atoms with Crippen molar-refractivity contribution in [2.24, 2.45) is 0 Å². The molecule has 4 rings (SSSR count). The molecule has 0 aliphatic carbocycles. The van der Waals surface area contributed by atoms with Crippen LogP contribution in [0.4, 0.5) is 0 Å². The van der Waals surface area contributed by atoms with Gasteiger partial charge in [0.05, 0.1) is 16.8 Å². The number of rotatable bonds is 4. The molecule has 0 radical (unpaired) electrons. The number of pyridine rings is 1. The van der Waals surface area contributed by atoms with Gasteiger partial charge in [-0.25, -0.2) is 4.98 Å². The Balaban J connectivity index is 1.94. The van der Waals surface area contributed by atoms with Crippen LogP contribution in [0.3, 0.4) is 0 Å². The Morgan fingerprint density at radius 3 is 2.52 bits per heavy atom. The van der Waals surface area contributed by atoms with Crippen LogP contribution >= 0.6 is 39.1 Å². The third kappa shape index (κ3) is 5.19.